The Labute approximate surface area is 174 Å². The molecule has 4 fully saturated rings. The van der Waals surface area contributed by atoms with Crippen LogP contribution in [0.25, 0.3) is 0 Å². The van der Waals surface area contributed by atoms with E-state index in [4.69, 9.17) is 0 Å². The van der Waals surface area contributed by atoms with Crippen molar-refractivity contribution in [2.45, 2.75) is 77.4 Å². The molecule has 5 rings (SSSR count). The molecule has 158 valence electrons. The van der Waals surface area contributed by atoms with Crippen LogP contribution in [0.5, 0.6) is 0 Å². The van der Waals surface area contributed by atoms with Crippen molar-refractivity contribution in [2.75, 3.05) is 5.43 Å². The van der Waals surface area contributed by atoms with Gasteiger partial charge >= 0.3 is 0 Å². The molecule has 4 saturated carbocycles. The smallest absolute Gasteiger partial charge is 0.0994 e. The van der Waals surface area contributed by atoms with E-state index in [1.807, 2.05) is 30.3 Å². The summed E-state index contributed by atoms with van der Waals surface area (Å²) in [6.07, 6.45) is 8.33. The minimum Gasteiger partial charge on any atom is -0.393 e. The number of aliphatic hydroxyl groups is 2. The van der Waals surface area contributed by atoms with Gasteiger partial charge in [0.15, 0.2) is 0 Å². The number of aliphatic hydroxyl groups excluding tert-OH is 2. The van der Waals surface area contributed by atoms with Gasteiger partial charge in [0.2, 0.25) is 0 Å². The molecule has 4 aliphatic rings. The third-order valence-corrected chi connectivity index (χ3v) is 9.55. The number of fused-ring (bicyclic) bond motifs is 5. The summed E-state index contributed by atoms with van der Waals surface area (Å²) in [6, 6.07) is 10.0. The summed E-state index contributed by atoms with van der Waals surface area (Å²) in [5.41, 5.74) is 5.41. The van der Waals surface area contributed by atoms with Crippen molar-refractivity contribution in [3.63, 3.8) is 0 Å². The maximum absolute atomic E-state index is 11.2. The lowest BCUT2D eigenvalue weighted by molar-refractivity contribution is -0.132. The normalized spacial score (nSPS) is 47.9. The van der Waals surface area contributed by atoms with E-state index in [1.54, 1.807) is 0 Å². The molecule has 0 aromatic heterocycles. The Bertz CT molecular complexity index is 780. The fraction of sp³-hybridized carbons (Fsp3) is 0.720. The van der Waals surface area contributed by atoms with E-state index in [0.29, 0.717) is 23.2 Å². The van der Waals surface area contributed by atoms with Crippen molar-refractivity contribution >= 4 is 11.4 Å². The van der Waals surface area contributed by atoms with E-state index in [1.165, 1.54) is 25.7 Å². The van der Waals surface area contributed by atoms with Gasteiger partial charge in [0.05, 0.1) is 23.6 Å². The van der Waals surface area contributed by atoms with Crippen LogP contribution in [0.4, 0.5) is 5.69 Å². The third-order valence-electron chi connectivity index (χ3n) is 9.55. The second-order valence-corrected chi connectivity index (χ2v) is 10.8. The van der Waals surface area contributed by atoms with Gasteiger partial charge in [-0.2, -0.15) is 5.10 Å². The van der Waals surface area contributed by atoms with Crippen LogP contribution in [0, 0.1) is 34.5 Å². The minimum absolute atomic E-state index is 0.0459. The molecule has 4 nitrogen and oxygen atoms in total. The lowest BCUT2D eigenvalue weighted by Gasteiger charge is -2.60. The van der Waals surface area contributed by atoms with Crippen molar-refractivity contribution in [3.05, 3.63) is 30.3 Å². The van der Waals surface area contributed by atoms with E-state index in [2.05, 4.69) is 24.4 Å². The summed E-state index contributed by atoms with van der Waals surface area (Å²) in [5, 5.41) is 26.1. The Morgan fingerprint density at radius 1 is 0.931 bits per heavy atom. The van der Waals surface area contributed by atoms with Gasteiger partial charge in [0, 0.05) is 5.41 Å². The number of benzene rings is 1. The molecule has 8 atom stereocenters. The molecule has 1 aromatic carbocycles. The van der Waals surface area contributed by atoms with Gasteiger partial charge in [-0.05, 0) is 92.6 Å². The number of nitrogens with zero attached hydrogens (tertiary/aromatic N) is 1. The molecule has 0 amide bonds. The Morgan fingerprint density at radius 2 is 1.69 bits per heavy atom. The Morgan fingerprint density at radius 3 is 2.48 bits per heavy atom. The topological polar surface area (TPSA) is 64.9 Å². The average Bonchev–Trinajstić information content (AvgIpc) is 2.98. The third kappa shape index (κ3) is 3.06. The number of hydrogen-bond acceptors (Lipinski definition) is 4. The zero-order valence-corrected chi connectivity index (χ0v) is 17.8. The molecule has 0 saturated heterocycles. The van der Waals surface area contributed by atoms with Gasteiger partial charge in [-0.25, -0.2) is 0 Å². The van der Waals surface area contributed by atoms with Gasteiger partial charge < -0.3 is 10.2 Å². The van der Waals surface area contributed by atoms with Crippen LogP contribution in [0.3, 0.4) is 0 Å². The van der Waals surface area contributed by atoms with Gasteiger partial charge in [-0.3, -0.25) is 5.43 Å². The van der Waals surface area contributed by atoms with Crippen LogP contribution >= 0.6 is 0 Å². The van der Waals surface area contributed by atoms with E-state index in [0.717, 1.165) is 43.0 Å². The number of para-hydroxylation sites is 1. The first-order valence-corrected chi connectivity index (χ1v) is 11.7. The predicted octanol–water partition coefficient (Wildman–Crippen LogP) is 4.83. The molecule has 4 aliphatic carbocycles. The molecule has 0 spiro atoms. The van der Waals surface area contributed by atoms with Crippen molar-refractivity contribution in [1.29, 1.82) is 0 Å². The molecular formula is C25H36N2O2. The molecule has 4 heteroatoms. The highest BCUT2D eigenvalue weighted by molar-refractivity contribution is 5.92. The summed E-state index contributed by atoms with van der Waals surface area (Å²) < 4.78 is 0. The lowest BCUT2D eigenvalue weighted by Crippen LogP contribution is -2.54. The van der Waals surface area contributed by atoms with Gasteiger partial charge in [0.25, 0.3) is 0 Å². The fourth-order valence-corrected chi connectivity index (χ4v) is 7.78. The van der Waals surface area contributed by atoms with E-state index in [-0.39, 0.29) is 11.5 Å². The Hall–Kier alpha value is -1.39. The van der Waals surface area contributed by atoms with E-state index >= 15 is 0 Å². The summed E-state index contributed by atoms with van der Waals surface area (Å²) in [5.74, 6) is 2.62. The first-order chi connectivity index (χ1) is 13.9. The summed E-state index contributed by atoms with van der Waals surface area (Å²) in [7, 11) is 0. The molecular weight excluding hydrogens is 360 g/mol. The van der Waals surface area contributed by atoms with Crippen molar-refractivity contribution in [1.82, 2.24) is 0 Å². The molecule has 0 aliphatic heterocycles. The SMILES string of the molecule is C[C@]12CC[C@H](O)C[C@@H]1CC[C@H]1C3C/C(=N\Nc4ccccc4)[C@H](O)[C@@]3(C)CC[C@@H]12. The standard InChI is InChI=1S/C25H36N2O2/c1-24-12-10-18(28)14-16(24)8-9-19-20(24)11-13-25(2)21(19)15-22(23(25)29)27-26-17-6-4-3-5-7-17/h3-7,16,18-21,23,26,28-29H,8-15H2,1-2H3/b27-22+/t16-,18-,19+,20-,21?,23-,24-,25-/m0/s1. The maximum atomic E-state index is 11.2. The zero-order valence-electron chi connectivity index (χ0n) is 17.8. The molecule has 0 bridgehead atoms. The lowest BCUT2D eigenvalue weighted by atomic mass is 9.45. The number of rotatable bonds is 2. The molecule has 1 unspecified atom stereocenters. The highest BCUT2D eigenvalue weighted by Crippen LogP contribution is 2.65. The van der Waals surface area contributed by atoms with Crippen LogP contribution in [0.2, 0.25) is 0 Å². The number of anilines is 1. The molecule has 0 radical (unpaired) electrons. The number of hydrogen-bond donors (Lipinski definition) is 3. The molecule has 29 heavy (non-hydrogen) atoms. The largest absolute Gasteiger partial charge is 0.393 e. The van der Waals surface area contributed by atoms with Gasteiger partial charge in [-0.1, -0.05) is 32.0 Å². The summed E-state index contributed by atoms with van der Waals surface area (Å²) in [6.45, 7) is 4.82. The zero-order chi connectivity index (χ0) is 20.2. The minimum atomic E-state index is -0.441. The highest BCUT2D eigenvalue weighted by Gasteiger charge is 2.61. The van der Waals surface area contributed by atoms with Crippen LogP contribution in [0.15, 0.2) is 35.4 Å². The first kappa shape index (κ1) is 19.6. The van der Waals surface area contributed by atoms with E-state index < -0.39 is 6.10 Å². The van der Waals surface area contributed by atoms with Crippen LogP contribution in [0.1, 0.15) is 65.2 Å². The Kier molecular flexibility index (Phi) is 4.78. The quantitative estimate of drug-likeness (QED) is 0.628. The monoisotopic (exact) mass is 396 g/mol. The highest BCUT2D eigenvalue weighted by atomic mass is 16.3. The van der Waals surface area contributed by atoms with Crippen LogP contribution in [-0.2, 0) is 0 Å². The molecule has 1 aromatic rings. The van der Waals surface area contributed by atoms with Crippen molar-refractivity contribution < 1.29 is 10.2 Å². The van der Waals surface area contributed by atoms with Crippen LogP contribution < -0.4 is 5.43 Å². The summed E-state index contributed by atoms with van der Waals surface area (Å²) >= 11 is 0. The Balaban J connectivity index is 1.38. The number of hydrazone groups is 1. The second kappa shape index (κ2) is 7.09. The molecule has 3 N–H and O–H groups in total. The van der Waals surface area contributed by atoms with Gasteiger partial charge in [-0.15, -0.1) is 0 Å². The maximum Gasteiger partial charge on any atom is 0.0994 e. The summed E-state index contributed by atoms with van der Waals surface area (Å²) in [4.78, 5) is 0. The van der Waals surface area contributed by atoms with Crippen molar-refractivity contribution in [3.8, 4) is 0 Å². The van der Waals surface area contributed by atoms with Crippen LogP contribution in [-0.4, -0.2) is 28.1 Å². The fourth-order valence-electron chi connectivity index (χ4n) is 7.78. The predicted molar refractivity (Wildman–Crippen MR) is 117 cm³/mol. The molecule has 0 heterocycles. The van der Waals surface area contributed by atoms with E-state index in [9.17, 15) is 10.2 Å². The number of nitrogens with one attached hydrogen (secondary N) is 1. The van der Waals surface area contributed by atoms with Gasteiger partial charge in [0.1, 0.15) is 0 Å². The first-order valence-electron chi connectivity index (χ1n) is 11.7. The second-order valence-electron chi connectivity index (χ2n) is 10.8. The van der Waals surface area contributed by atoms with Crippen molar-refractivity contribution in [2.24, 2.45) is 39.6 Å². The average molecular weight is 397 g/mol.